The second-order valence-electron chi connectivity index (χ2n) is 7.61. The maximum Gasteiger partial charge on any atom is 0.267 e. The largest absolute Gasteiger partial charge is 0.397 e. The number of nitrogens with zero attached hydrogens (tertiary/aromatic N) is 1. The van der Waals surface area contributed by atoms with Crippen LogP contribution in [0, 0.1) is 0 Å². The highest BCUT2D eigenvalue weighted by molar-refractivity contribution is 9.10. The molecule has 0 fully saturated rings. The number of halogens is 1. The summed E-state index contributed by atoms with van der Waals surface area (Å²) < 4.78 is 0.909. The summed E-state index contributed by atoms with van der Waals surface area (Å²) in [5, 5.41) is 3.81. The first-order valence-electron chi connectivity index (χ1n) is 9.91. The predicted octanol–water partition coefficient (Wildman–Crippen LogP) is 6.17. The number of thiophene rings is 1. The Morgan fingerprint density at radius 1 is 1.13 bits per heavy atom. The van der Waals surface area contributed by atoms with Gasteiger partial charge in [-0.05, 0) is 60.6 Å². The van der Waals surface area contributed by atoms with Crippen molar-refractivity contribution in [2.24, 2.45) is 0 Å². The third-order valence-electron chi connectivity index (χ3n) is 5.65. The maximum absolute atomic E-state index is 12.9. The van der Waals surface area contributed by atoms with Gasteiger partial charge in [-0.2, -0.15) is 0 Å². The molecule has 150 valence electrons. The molecule has 1 atom stereocenters. The Morgan fingerprint density at radius 3 is 2.77 bits per heavy atom. The summed E-state index contributed by atoms with van der Waals surface area (Å²) in [4.78, 5) is 19.1. The molecule has 2 heterocycles. The summed E-state index contributed by atoms with van der Waals surface area (Å²) in [5.41, 5.74) is 11.4. The third kappa shape index (κ3) is 3.61. The molecule has 1 unspecified atom stereocenters. The van der Waals surface area contributed by atoms with E-state index in [1.165, 1.54) is 22.5 Å². The molecule has 0 aliphatic heterocycles. The van der Waals surface area contributed by atoms with E-state index < -0.39 is 0 Å². The van der Waals surface area contributed by atoms with Crippen LogP contribution in [0.5, 0.6) is 0 Å². The van der Waals surface area contributed by atoms with Gasteiger partial charge in [-0.1, -0.05) is 52.3 Å². The Balaban J connectivity index is 1.46. The van der Waals surface area contributed by atoms with E-state index in [9.17, 15) is 4.79 Å². The summed E-state index contributed by atoms with van der Waals surface area (Å²) in [7, 11) is 0. The number of rotatable bonds is 3. The number of aryl methyl sites for hydroxylation is 1. The van der Waals surface area contributed by atoms with E-state index in [2.05, 4.69) is 57.6 Å². The third-order valence-corrected chi connectivity index (χ3v) is 7.25. The lowest BCUT2D eigenvalue weighted by atomic mass is 9.82. The second-order valence-corrected chi connectivity index (χ2v) is 9.52. The zero-order chi connectivity index (χ0) is 20.7. The molecule has 3 N–H and O–H groups in total. The average Bonchev–Trinajstić information content (AvgIpc) is 3.08. The standard InChI is InChI=1S/C24H20BrN3OS/c25-17-7-4-8-18(13-17)27-23(29)22-21(26)19-12-16-11-15(14-5-2-1-3-6-14)9-10-20(16)28-24(19)30-22/h1-8,12-13,15H,9-11,26H2,(H,27,29). The van der Waals surface area contributed by atoms with Crippen LogP contribution in [0.25, 0.3) is 10.2 Å². The van der Waals surface area contributed by atoms with Crippen molar-refractivity contribution in [2.45, 2.75) is 25.2 Å². The molecular weight excluding hydrogens is 458 g/mol. The Labute approximate surface area is 187 Å². The van der Waals surface area contributed by atoms with Crippen molar-refractivity contribution in [1.82, 2.24) is 4.98 Å². The van der Waals surface area contributed by atoms with Crippen LogP contribution in [0.1, 0.15) is 38.8 Å². The summed E-state index contributed by atoms with van der Waals surface area (Å²) in [6.07, 6.45) is 2.99. The summed E-state index contributed by atoms with van der Waals surface area (Å²) in [5.74, 6) is 0.297. The fraction of sp³-hybridized carbons (Fsp3) is 0.167. The number of carbonyl (C=O) groups is 1. The molecule has 2 aromatic heterocycles. The minimum absolute atomic E-state index is 0.200. The van der Waals surface area contributed by atoms with Gasteiger partial charge in [0, 0.05) is 21.2 Å². The molecule has 1 aliphatic rings. The number of hydrogen-bond acceptors (Lipinski definition) is 4. The van der Waals surface area contributed by atoms with E-state index in [0.29, 0.717) is 16.5 Å². The van der Waals surface area contributed by atoms with E-state index in [4.69, 9.17) is 10.7 Å². The highest BCUT2D eigenvalue weighted by atomic mass is 79.9. The van der Waals surface area contributed by atoms with E-state index in [1.807, 2.05) is 24.3 Å². The van der Waals surface area contributed by atoms with Crippen molar-refractivity contribution in [3.05, 3.63) is 86.8 Å². The van der Waals surface area contributed by atoms with Gasteiger partial charge in [0.2, 0.25) is 0 Å². The van der Waals surface area contributed by atoms with Crippen LogP contribution in [0.15, 0.2) is 65.1 Å². The summed E-state index contributed by atoms with van der Waals surface area (Å²) in [6.45, 7) is 0. The van der Waals surface area contributed by atoms with E-state index in [1.54, 1.807) is 0 Å². The van der Waals surface area contributed by atoms with Crippen LogP contribution < -0.4 is 11.1 Å². The monoisotopic (exact) mass is 477 g/mol. The van der Waals surface area contributed by atoms with Gasteiger partial charge in [0.05, 0.1) is 5.69 Å². The fourth-order valence-corrected chi connectivity index (χ4v) is 5.51. The number of aromatic nitrogens is 1. The molecule has 0 radical (unpaired) electrons. The lowest BCUT2D eigenvalue weighted by molar-refractivity contribution is 0.103. The summed E-state index contributed by atoms with van der Waals surface area (Å²) in [6, 6.07) is 20.3. The smallest absolute Gasteiger partial charge is 0.267 e. The minimum Gasteiger partial charge on any atom is -0.397 e. The molecular formula is C24H20BrN3OS. The van der Waals surface area contributed by atoms with Gasteiger partial charge in [-0.15, -0.1) is 11.3 Å². The van der Waals surface area contributed by atoms with Gasteiger partial charge >= 0.3 is 0 Å². The first kappa shape index (κ1) is 19.3. The van der Waals surface area contributed by atoms with Crippen molar-refractivity contribution >= 4 is 54.8 Å². The van der Waals surface area contributed by atoms with E-state index >= 15 is 0 Å². The molecule has 4 nitrogen and oxygen atoms in total. The number of nitrogens with two attached hydrogens (primary N) is 1. The zero-order valence-corrected chi connectivity index (χ0v) is 18.6. The molecule has 30 heavy (non-hydrogen) atoms. The van der Waals surface area contributed by atoms with E-state index in [0.717, 1.165) is 45.3 Å². The van der Waals surface area contributed by atoms with Gasteiger partial charge in [0.25, 0.3) is 5.91 Å². The lowest BCUT2D eigenvalue weighted by Crippen LogP contribution is -2.14. The highest BCUT2D eigenvalue weighted by Crippen LogP contribution is 2.38. The topological polar surface area (TPSA) is 68.0 Å². The number of pyridine rings is 1. The van der Waals surface area contributed by atoms with Crippen LogP contribution in [0.3, 0.4) is 0 Å². The number of hydrogen-bond donors (Lipinski definition) is 2. The molecule has 0 bridgehead atoms. The Morgan fingerprint density at radius 2 is 1.97 bits per heavy atom. The number of nitrogen functional groups attached to an aromatic ring is 1. The SMILES string of the molecule is Nc1c(C(=O)Nc2cccc(Br)c2)sc2nc3c(cc12)CC(c1ccccc1)CC3. The van der Waals surface area contributed by atoms with Crippen molar-refractivity contribution in [3.8, 4) is 0 Å². The number of nitrogens with one attached hydrogen (secondary N) is 1. The quantitative estimate of drug-likeness (QED) is 0.370. The van der Waals surface area contributed by atoms with Crippen molar-refractivity contribution in [1.29, 1.82) is 0 Å². The van der Waals surface area contributed by atoms with Gasteiger partial charge in [-0.3, -0.25) is 4.79 Å². The Kier molecular flexibility index (Phi) is 5.05. The van der Waals surface area contributed by atoms with Crippen LogP contribution in [-0.4, -0.2) is 10.9 Å². The maximum atomic E-state index is 12.9. The van der Waals surface area contributed by atoms with Gasteiger partial charge < -0.3 is 11.1 Å². The van der Waals surface area contributed by atoms with Crippen LogP contribution >= 0.6 is 27.3 Å². The van der Waals surface area contributed by atoms with Crippen molar-refractivity contribution in [2.75, 3.05) is 11.1 Å². The zero-order valence-electron chi connectivity index (χ0n) is 16.2. The number of benzene rings is 2. The molecule has 4 aromatic rings. The van der Waals surface area contributed by atoms with Crippen LogP contribution in [-0.2, 0) is 12.8 Å². The molecule has 0 saturated carbocycles. The Bertz CT molecular complexity index is 1250. The van der Waals surface area contributed by atoms with Crippen LogP contribution in [0.2, 0.25) is 0 Å². The van der Waals surface area contributed by atoms with Crippen molar-refractivity contribution < 1.29 is 4.79 Å². The number of anilines is 2. The van der Waals surface area contributed by atoms with Gasteiger partial charge in [-0.25, -0.2) is 4.98 Å². The molecule has 2 aromatic carbocycles. The number of carbonyl (C=O) groups excluding carboxylic acids is 1. The minimum atomic E-state index is -0.200. The number of fused-ring (bicyclic) bond motifs is 2. The first-order valence-corrected chi connectivity index (χ1v) is 11.5. The molecule has 6 heteroatoms. The normalized spacial score (nSPS) is 15.7. The molecule has 1 amide bonds. The lowest BCUT2D eigenvalue weighted by Gasteiger charge is -2.24. The van der Waals surface area contributed by atoms with Gasteiger partial charge in [0.1, 0.15) is 9.71 Å². The molecule has 5 rings (SSSR count). The predicted molar refractivity (Wildman–Crippen MR) is 127 cm³/mol. The molecule has 1 aliphatic carbocycles. The molecule has 0 saturated heterocycles. The Hall–Kier alpha value is -2.70. The fourth-order valence-electron chi connectivity index (χ4n) is 4.12. The molecule has 0 spiro atoms. The van der Waals surface area contributed by atoms with Gasteiger partial charge in [0.15, 0.2) is 0 Å². The second kappa shape index (κ2) is 7.85. The first-order chi connectivity index (χ1) is 14.6. The highest BCUT2D eigenvalue weighted by Gasteiger charge is 2.24. The summed E-state index contributed by atoms with van der Waals surface area (Å²) >= 11 is 4.79. The van der Waals surface area contributed by atoms with Crippen LogP contribution in [0.4, 0.5) is 11.4 Å². The van der Waals surface area contributed by atoms with Crippen molar-refractivity contribution in [3.63, 3.8) is 0 Å². The average molecular weight is 478 g/mol. The number of amides is 1. The van der Waals surface area contributed by atoms with E-state index in [-0.39, 0.29) is 5.91 Å².